The van der Waals surface area contributed by atoms with Gasteiger partial charge < -0.3 is 5.32 Å². The molecule has 0 spiro atoms. The van der Waals surface area contributed by atoms with Crippen LogP contribution in [0.1, 0.15) is 5.56 Å². The number of fused-ring (bicyclic) bond motifs is 1. The molecule has 2 aromatic carbocycles. The van der Waals surface area contributed by atoms with Crippen molar-refractivity contribution < 1.29 is 4.39 Å². The molecule has 5 heteroatoms. The second-order valence-corrected chi connectivity index (χ2v) is 5.28. The second kappa shape index (κ2) is 5.54. The Bertz CT molecular complexity index is 756. The Morgan fingerprint density at radius 1 is 1.15 bits per heavy atom. The fraction of sp³-hybridized carbons (Fsp3) is 0.0667. The number of hydrogen-bond donors (Lipinski definition) is 1. The highest BCUT2D eigenvalue weighted by atomic mass is 79.9. The smallest absolute Gasteiger partial charge is 0.128 e. The molecule has 1 aromatic heterocycles. The molecule has 0 radical (unpaired) electrons. The topological polar surface area (TPSA) is 37.8 Å². The molecule has 0 aliphatic rings. The van der Waals surface area contributed by atoms with Crippen molar-refractivity contribution >= 4 is 32.5 Å². The molecular formula is C15H11BrFN3. The monoisotopic (exact) mass is 331 g/mol. The van der Waals surface area contributed by atoms with Crippen LogP contribution in [0.2, 0.25) is 0 Å². The lowest BCUT2D eigenvalue weighted by atomic mass is 10.2. The van der Waals surface area contributed by atoms with E-state index in [2.05, 4.69) is 31.4 Å². The van der Waals surface area contributed by atoms with Crippen molar-refractivity contribution in [2.45, 2.75) is 6.54 Å². The summed E-state index contributed by atoms with van der Waals surface area (Å²) in [6.45, 7) is 0.390. The maximum Gasteiger partial charge on any atom is 0.128 e. The van der Waals surface area contributed by atoms with Gasteiger partial charge in [-0.15, -0.1) is 0 Å². The Kier molecular flexibility index (Phi) is 3.60. The molecule has 3 rings (SSSR count). The summed E-state index contributed by atoms with van der Waals surface area (Å²) in [6.07, 6.45) is 1.65. The highest BCUT2D eigenvalue weighted by Crippen LogP contribution is 2.22. The van der Waals surface area contributed by atoms with E-state index in [1.165, 1.54) is 6.07 Å². The molecule has 1 N–H and O–H groups in total. The summed E-state index contributed by atoms with van der Waals surface area (Å²) in [6, 6.07) is 12.6. The highest BCUT2D eigenvalue weighted by molar-refractivity contribution is 9.10. The van der Waals surface area contributed by atoms with Crippen LogP contribution >= 0.6 is 15.9 Å². The standard InChI is InChI=1S/C15H11BrFN3/c16-11-5-6-13(17)10(7-11)8-18-15-9-19-20-14-4-2-1-3-12(14)15/h1-7,9H,8H2,(H,18,20). The van der Waals surface area contributed by atoms with Gasteiger partial charge in [0.25, 0.3) is 0 Å². The number of rotatable bonds is 3. The third-order valence-electron chi connectivity index (χ3n) is 3.02. The van der Waals surface area contributed by atoms with Gasteiger partial charge in [0.05, 0.1) is 17.4 Å². The summed E-state index contributed by atoms with van der Waals surface area (Å²) >= 11 is 3.35. The normalized spacial score (nSPS) is 10.7. The zero-order valence-corrected chi connectivity index (χ0v) is 12.1. The van der Waals surface area contributed by atoms with Crippen LogP contribution in [0.3, 0.4) is 0 Å². The first kappa shape index (κ1) is 13.0. The summed E-state index contributed by atoms with van der Waals surface area (Å²) in [7, 11) is 0. The largest absolute Gasteiger partial charge is 0.379 e. The van der Waals surface area contributed by atoms with Gasteiger partial charge in [-0.1, -0.05) is 34.1 Å². The van der Waals surface area contributed by atoms with Crippen molar-refractivity contribution in [3.8, 4) is 0 Å². The van der Waals surface area contributed by atoms with E-state index in [9.17, 15) is 4.39 Å². The number of benzene rings is 2. The van der Waals surface area contributed by atoms with Gasteiger partial charge in [0, 0.05) is 22.0 Å². The van der Waals surface area contributed by atoms with Gasteiger partial charge in [-0.2, -0.15) is 10.2 Å². The third-order valence-corrected chi connectivity index (χ3v) is 3.52. The van der Waals surface area contributed by atoms with Crippen molar-refractivity contribution in [3.05, 3.63) is 64.5 Å². The van der Waals surface area contributed by atoms with Crippen LogP contribution in [-0.2, 0) is 6.54 Å². The zero-order chi connectivity index (χ0) is 13.9. The molecule has 100 valence electrons. The number of halogens is 2. The maximum atomic E-state index is 13.7. The number of hydrogen-bond acceptors (Lipinski definition) is 3. The van der Waals surface area contributed by atoms with Gasteiger partial charge in [-0.25, -0.2) is 4.39 Å². The van der Waals surface area contributed by atoms with E-state index in [-0.39, 0.29) is 5.82 Å². The molecule has 0 aliphatic carbocycles. The fourth-order valence-electron chi connectivity index (χ4n) is 2.02. The SMILES string of the molecule is Fc1ccc(Br)cc1CNc1cnnc2ccccc12. The average molecular weight is 332 g/mol. The molecule has 3 nitrogen and oxygen atoms in total. The quantitative estimate of drug-likeness (QED) is 0.783. The molecule has 0 saturated carbocycles. The van der Waals surface area contributed by atoms with Gasteiger partial charge in [-0.05, 0) is 24.3 Å². The molecule has 1 heterocycles. The average Bonchev–Trinajstić information content (AvgIpc) is 2.48. The minimum Gasteiger partial charge on any atom is -0.379 e. The second-order valence-electron chi connectivity index (χ2n) is 4.36. The lowest BCUT2D eigenvalue weighted by Crippen LogP contribution is -2.03. The van der Waals surface area contributed by atoms with Crippen molar-refractivity contribution in [2.75, 3.05) is 5.32 Å². The van der Waals surface area contributed by atoms with Gasteiger partial charge in [0.2, 0.25) is 0 Å². The minimum absolute atomic E-state index is 0.230. The molecule has 0 bridgehead atoms. The lowest BCUT2D eigenvalue weighted by Gasteiger charge is -2.09. The molecule has 0 atom stereocenters. The number of anilines is 1. The van der Waals surface area contributed by atoms with Crippen LogP contribution in [0.4, 0.5) is 10.1 Å². The highest BCUT2D eigenvalue weighted by Gasteiger charge is 2.05. The van der Waals surface area contributed by atoms with E-state index in [1.54, 1.807) is 18.3 Å². The van der Waals surface area contributed by atoms with Crippen molar-refractivity contribution in [3.63, 3.8) is 0 Å². The molecular weight excluding hydrogens is 321 g/mol. The van der Waals surface area contributed by atoms with Crippen LogP contribution in [-0.4, -0.2) is 10.2 Å². The van der Waals surface area contributed by atoms with Crippen LogP contribution in [0.15, 0.2) is 53.1 Å². The molecule has 0 saturated heterocycles. The Morgan fingerprint density at radius 2 is 2.00 bits per heavy atom. The summed E-state index contributed by atoms with van der Waals surface area (Å²) in [5.41, 5.74) is 2.25. The van der Waals surface area contributed by atoms with E-state index in [4.69, 9.17) is 0 Å². The lowest BCUT2D eigenvalue weighted by molar-refractivity contribution is 0.612. The van der Waals surface area contributed by atoms with Gasteiger partial charge in [-0.3, -0.25) is 0 Å². The molecule has 20 heavy (non-hydrogen) atoms. The van der Waals surface area contributed by atoms with Gasteiger partial charge >= 0.3 is 0 Å². The van der Waals surface area contributed by atoms with Crippen molar-refractivity contribution in [2.24, 2.45) is 0 Å². The minimum atomic E-state index is -0.230. The van der Waals surface area contributed by atoms with E-state index in [1.807, 2.05) is 24.3 Å². The van der Waals surface area contributed by atoms with Crippen molar-refractivity contribution in [1.29, 1.82) is 0 Å². The summed E-state index contributed by atoms with van der Waals surface area (Å²) in [5, 5.41) is 12.2. The summed E-state index contributed by atoms with van der Waals surface area (Å²) in [4.78, 5) is 0. The number of nitrogens with zero attached hydrogens (tertiary/aromatic N) is 2. The molecule has 0 aliphatic heterocycles. The summed E-state index contributed by atoms with van der Waals surface area (Å²) in [5.74, 6) is -0.230. The van der Waals surface area contributed by atoms with Crippen LogP contribution in [0, 0.1) is 5.82 Å². The Morgan fingerprint density at radius 3 is 2.90 bits per heavy atom. The number of nitrogens with one attached hydrogen (secondary N) is 1. The Labute approximate surface area is 124 Å². The van der Waals surface area contributed by atoms with E-state index >= 15 is 0 Å². The van der Waals surface area contributed by atoms with Gasteiger partial charge in [0.1, 0.15) is 5.82 Å². The van der Waals surface area contributed by atoms with E-state index < -0.39 is 0 Å². The van der Waals surface area contributed by atoms with Gasteiger partial charge in [0.15, 0.2) is 0 Å². The maximum absolute atomic E-state index is 13.7. The van der Waals surface area contributed by atoms with E-state index in [0.717, 1.165) is 21.1 Å². The molecule has 0 unspecified atom stereocenters. The molecule has 0 fully saturated rings. The molecule has 0 amide bonds. The first-order chi connectivity index (χ1) is 9.74. The Balaban J connectivity index is 1.89. The molecule has 3 aromatic rings. The Hall–Kier alpha value is -2.01. The predicted molar refractivity (Wildman–Crippen MR) is 81.0 cm³/mol. The zero-order valence-electron chi connectivity index (χ0n) is 10.5. The number of aromatic nitrogens is 2. The first-order valence-electron chi connectivity index (χ1n) is 6.12. The van der Waals surface area contributed by atoms with Crippen LogP contribution in [0.5, 0.6) is 0 Å². The van der Waals surface area contributed by atoms with Crippen LogP contribution < -0.4 is 5.32 Å². The fourth-order valence-corrected chi connectivity index (χ4v) is 2.43. The van der Waals surface area contributed by atoms with Crippen molar-refractivity contribution in [1.82, 2.24) is 10.2 Å². The summed E-state index contributed by atoms with van der Waals surface area (Å²) < 4.78 is 14.6. The third kappa shape index (κ3) is 2.63. The predicted octanol–water partition coefficient (Wildman–Crippen LogP) is 4.14. The van der Waals surface area contributed by atoms with E-state index in [0.29, 0.717) is 12.1 Å². The van der Waals surface area contributed by atoms with Crippen LogP contribution in [0.25, 0.3) is 10.9 Å². The first-order valence-corrected chi connectivity index (χ1v) is 6.91.